The van der Waals surface area contributed by atoms with Gasteiger partial charge in [-0.25, -0.2) is 4.98 Å². The molecular weight excluding hydrogens is 485 g/mol. The number of rotatable bonds is 5. The summed E-state index contributed by atoms with van der Waals surface area (Å²) in [4.78, 5) is 20.3. The highest BCUT2D eigenvalue weighted by Gasteiger charge is 2.29. The number of hydrogen-bond acceptors (Lipinski definition) is 5. The van der Waals surface area contributed by atoms with Crippen LogP contribution in [-0.2, 0) is 0 Å². The minimum Gasteiger partial charge on any atom is -0.337 e. The Hall–Kier alpha value is -3.23. The van der Waals surface area contributed by atoms with Crippen LogP contribution in [0.4, 0.5) is 0 Å². The van der Waals surface area contributed by atoms with Crippen LogP contribution in [0.2, 0.25) is 10.0 Å². The van der Waals surface area contributed by atoms with Crippen LogP contribution < -0.4 is 0 Å². The molecule has 180 valence electrons. The van der Waals surface area contributed by atoms with Crippen molar-refractivity contribution in [1.29, 1.82) is 0 Å². The number of aromatic amines is 1. The molecule has 0 atom stereocenters. The largest absolute Gasteiger partial charge is 0.337 e. The highest BCUT2D eigenvalue weighted by Crippen LogP contribution is 2.34. The molecule has 0 aliphatic heterocycles. The third-order valence-electron chi connectivity index (χ3n) is 6.65. The molecule has 0 radical (unpaired) electrons. The van der Waals surface area contributed by atoms with Crippen LogP contribution in [0.1, 0.15) is 48.3 Å². The number of H-pyrrole nitrogens is 1. The van der Waals surface area contributed by atoms with Crippen LogP contribution in [0.25, 0.3) is 28.5 Å². The number of amides is 1. The molecule has 0 saturated heterocycles. The summed E-state index contributed by atoms with van der Waals surface area (Å²) in [5.74, 6) is 1.00. The van der Waals surface area contributed by atoms with E-state index < -0.39 is 0 Å². The topological polar surface area (TPSA) is 92.6 Å². The first-order valence-corrected chi connectivity index (χ1v) is 12.4. The van der Waals surface area contributed by atoms with Crippen molar-refractivity contribution in [3.63, 3.8) is 0 Å². The summed E-state index contributed by atoms with van der Waals surface area (Å²) in [6, 6.07) is 13.2. The molecule has 2 aromatic heterocycles. The third-order valence-corrected chi connectivity index (χ3v) is 7.20. The van der Waals surface area contributed by atoms with Crippen molar-refractivity contribution in [2.45, 2.75) is 45.1 Å². The minimum absolute atomic E-state index is 0.0806. The molecule has 0 bridgehead atoms. The fraction of sp³-hybridized carbons (Fsp3) is 0.320. The van der Waals surface area contributed by atoms with E-state index in [0.29, 0.717) is 33.0 Å². The van der Waals surface area contributed by atoms with Crippen LogP contribution in [-0.4, -0.2) is 54.1 Å². The Balaban J connectivity index is 1.60. The average molecular weight is 510 g/mol. The van der Waals surface area contributed by atoms with E-state index in [2.05, 4.69) is 20.6 Å². The molecular formula is C25H25Cl2N7O. The molecule has 1 aliphatic carbocycles. The normalized spacial score (nSPS) is 14.3. The second kappa shape index (κ2) is 9.79. The summed E-state index contributed by atoms with van der Waals surface area (Å²) in [6.45, 7) is 1.91. The van der Waals surface area contributed by atoms with Gasteiger partial charge in [0.25, 0.3) is 5.91 Å². The molecule has 1 saturated carbocycles. The first-order valence-electron chi connectivity index (χ1n) is 11.6. The number of aromatic nitrogens is 6. The predicted octanol–water partition coefficient (Wildman–Crippen LogP) is 5.74. The van der Waals surface area contributed by atoms with Gasteiger partial charge in [0.05, 0.1) is 10.7 Å². The van der Waals surface area contributed by atoms with Gasteiger partial charge < -0.3 is 4.90 Å². The number of tetrazole rings is 1. The maximum absolute atomic E-state index is 13.6. The van der Waals surface area contributed by atoms with Crippen molar-refractivity contribution >= 4 is 29.1 Å². The molecule has 1 amide bonds. The summed E-state index contributed by atoms with van der Waals surface area (Å²) in [5, 5.41) is 15.2. The number of carbonyl (C=O) groups excluding carboxylic acids is 1. The van der Waals surface area contributed by atoms with Crippen molar-refractivity contribution in [2.75, 3.05) is 7.05 Å². The molecule has 2 aromatic carbocycles. The van der Waals surface area contributed by atoms with E-state index in [4.69, 9.17) is 28.2 Å². The monoisotopic (exact) mass is 509 g/mol. The van der Waals surface area contributed by atoms with Gasteiger partial charge in [0.1, 0.15) is 11.5 Å². The van der Waals surface area contributed by atoms with E-state index in [1.165, 1.54) is 6.42 Å². The zero-order chi connectivity index (χ0) is 24.5. The van der Waals surface area contributed by atoms with Crippen molar-refractivity contribution in [1.82, 2.24) is 35.1 Å². The Morgan fingerprint density at radius 1 is 1.09 bits per heavy atom. The number of benzene rings is 2. The van der Waals surface area contributed by atoms with E-state index in [0.717, 1.165) is 42.6 Å². The maximum atomic E-state index is 13.6. The number of carbonyl (C=O) groups is 1. The molecule has 1 N–H and O–H groups in total. The van der Waals surface area contributed by atoms with Gasteiger partial charge in [-0.3, -0.25) is 9.36 Å². The van der Waals surface area contributed by atoms with Crippen LogP contribution in [0.3, 0.4) is 0 Å². The highest BCUT2D eigenvalue weighted by atomic mass is 35.5. The number of nitrogens with zero attached hydrogens (tertiary/aromatic N) is 6. The number of nitrogens with one attached hydrogen (secondary N) is 1. The molecule has 5 rings (SSSR count). The summed E-state index contributed by atoms with van der Waals surface area (Å²) in [5.41, 5.74) is 3.51. The van der Waals surface area contributed by atoms with Gasteiger partial charge in [-0.2, -0.15) is 5.21 Å². The van der Waals surface area contributed by atoms with Crippen LogP contribution in [0.5, 0.6) is 0 Å². The Morgan fingerprint density at radius 2 is 1.83 bits per heavy atom. The molecule has 4 aromatic rings. The lowest BCUT2D eigenvalue weighted by molar-refractivity contribution is 0.0690. The van der Waals surface area contributed by atoms with Gasteiger partial charge >= 0.3 is 0 Å². The fourth-order valence-corrected chi connectivity index (χ4v) is 5.21. The first kappa shape index (κ1) is 23.5. The maximum Gasteiger partial charge on any atom is 0.274 e. The summed E-state index contributed by atoms with van der Waals surface area (Å²) in [6.07, 6.45) is 5.57. The van der Waals surface area contributed by atoms with Gasteiger partial charge in [0.2, 0.25) is 5.82 Å². The van der Waals surface area contributed by atoms with Gasteiger partial charge in [-0.15, -0.1) is 10.2 Å². The van der Waals surface area contributed by atoms with Crippen molar-refractivity contribution in [3.05, 3.63) is 63.9 Å². The quantitative estimate of drug-likeness (QED) is 0.370. The van der Waals surface area contributed by atoms with E-state index in [1.54, 1.807) is 12.1 Å². The highest BCUT2D eigenvalue weighted by molar-refractivity contribution is 6.36. The van der Waals surface area contributed by atoms with Gasteiger partial charge in [-0.1, -0.05) is 42.5 Å². The molecule has 8 nitrogen and oxygen atoms in total. The van der Waals surface area contributed by atoms with Crippen LogP contribution in [0.15, 0.2) is 42.5 Å². The van der Waals surface area contributed by atoms with Crippen molar-refractivity contribution in [2.24, 2.45) is 0 Å². The molecule has 0 unspecified atom stereocenters. The summed E-state index contributed by atoms with van der Waals surface area (Å²) in [7, 11) is 1.88. The van der Waals surface area contributed by atoms with Gasteiger partial charge in [-0.05, 0) is 67.4 Å². The van der Waals surface area contributed by atoms with Crippen LogP contribution >= 0.6 is 23.2 Å². The lowest BCUT2D eigenvalue weighted by Gasteiger charge is -2.30. The van der Waals surface area contributed by atoms with E-state index in [1.807, 2.05) is 53.8 Å². The zero-order valence-corrected chi connectivity index (χ0v) is 21.0. The molecule has 2 heterocycles. The lowest BCUT2D eigenvalue weighted by Crippen LogP contribution is -2.38. The predicted molar refractivity (Wildman–Crippen MR) is 136 cm³/mol. The smallest absolute Gasteiger partial charge is 0.274 e. The van der Waals surface area contributed by atoms with E-state index in [-0.39, 0.29) is 11.9 Å². The first-order chi connectivity index (χ1) is 16.9. The number of halogens is 2. The molecule has 35 heavy (non-hydrogen) atoms. The number of hydrogen-bond donors (Lipinski definition) is 1. The Bertz CT molecular complexity index is 1340. The van der Waals surface area contributed by atoms with Gasteiger partial charge in [0.15, 0.2) is 0 Å². The van der Waals surface area contributed by atoms with Crippen molar-refractivity contribution in [3.8, 4) is 28.5 Å². The molecule has 10 heteroatoms. The standard InChI is InChI=1S/C25H25Cl2N7O/c1-15-22(25(35)33(2)18-6-4-3-5-7-18)28-24(20-13-10-17(26)14-21(20)27)34(15)19-11-8-16(9-12-19)23-29-31-32-30-23/h8-14,18H,3-7H2,1-2H3,(H,29,30,31,32). The third kappa shape index (κ3) is 4.56. The van der Waals surface area contributed by atoms with E-state index >= 15 is 0 Å². The SMILES string of the molecule is Cc1c(C(=O)N(C)C2CCCCC2)nc(-c2ccc(Cl)cc2Cl)n1-c1ccc(-c2nn[nH]n2)cc1. The average Bonchev–Trinajstić information content (AvgIpc) is 3.52. The van der Waals surface area contributed by atoms with E-state index in [9.17, 15) is 4.79 Å². The number of imidazole rings is 1. The zero-order valence-electron chi connectivity index (χ0n) is 19.5. The minimum atomic E-state index is -0.0806. The Morgan fingerprint density at radius 3 is 2.49 bits per heavy atom. The molecule has 0 spiro atoms. The fourth-order valence-electron chi connectivity index (χ4n) is 4.72. The van der Waals surface area contributed by atoms with Crippen LogP contribution in [0, 0.1) is 6.92 Å². The van der Waals surface area contributed by atoms with Crippen molar-refractivity contribution < 1.29 is 4.79 Å². The molecule has 1 aliphatic rings. The second-order valence-corrected chi connectivity index (χ2v) is 9.66. The Kier molecular flexibility index (Phi) is 6.58. The molecule has 1 fully saturated rings. The summed E-state index contributed by atoms with van der Waals surface area (Å²) < 4.78 is 1.96. The Labute approximate surface area is 213 Å². The summed E-state index contributed by atoms with van der Waals surface area (Å²) >= 11 is 12.7. The lowest BCUT2D eigenvalue weighted by atomic mass is 9.94. The second-order valence-electron chi connectivity index (χ2n) is 8.82. The van der Waals surface area contributed by atoms with Gasteiger partial charge in [0, 0.05) is 34.9 Å².